The molecule has 1 fully saturated rings. The van der Waals surface area contributed by atoms with E-state index in [1.54, 1.807) is 0 Å². The Labute approximate surface area is 115 Å². The summed E-state index contributed by atoms with van der Waals surface area (Å²) < 4.78 is 0. The molecule has 2 rings (SSSR count). The maximum absolute atomic E-state index is 12.6. The predicted molar refractivity (Wildman–Crippen MR) is 77.3 cm³/mol. The lowest BCUT2D eigenvalue weighted by Crippen LogP contribution is -2.45. The molecule has 0 aliphatic carbocycles. The second kappa shape index (κ2) is 5.35. The summed E-state index contributed by atoms with van der Waals surface area (Å²) in [4.78, 5) is 15.5. The summed E-state index contributed by atoms with van der Waals surface area (Å²) >= 11 is 4.33. The van der Waals surface area contributed by atoms with Crippen LogP contribution in [0, 0.1) is 12.8 Å². The lowest BCUT2D eigenvalue weighted by molar-refractivity contribution is 0.0573. The second-order valence-corrected chi connectivity index (χ2v) is 6.00. The second-order valence-electron chi connectivity index (χ2n) is 5.49. The van der Waals surface area contributed by atoms with Crippen LogP contribution in [0.2, 0.25) is 0 Å². The van der Waals surface area contributed by atoms with Gasteiger partial charge in [0, 0.05) is 23.0 Å². The van der Waals surface area contributed by atoms with Crippen molar-refractivity contribution in [3.63, 3.8) is 0 Å². The van der Waals surface area contributed by atoms with Crippen LogP contribution in [0.5, 0.6) is 0 Å². The number of aryl methyl sites for hydroxylation is 1. The average Bonchev–Trinajstić information content (AvgIpc) is 2.34. The lowest BCUT2D eigenvalue weighted by Gasteiger charge is -2.37. The van der Waals surface area contributed by atoms with Crippen molar-refractivity contribution in [2.24, 2.45) is 5.92 Å². The van der Waals surface area contributed by atoms with Crippen molar-refractivity contribution in [1.82, 2.24) is 4.90 Å². The van der Waals surface area contributed by atoms with Gasteiger partial charge in [0.15, 0.2) is 0 Å². The molecule has 1 aromatic carbocycles. The number of hydrogen-bond acceptors (Lipinski definition) is 2. The summed E-state index contributed by atoms with van der Waals surface area (Å²) in [6.07, 6.45) is 2.32. The first-order valence-corrected chi connectivity index (χ1v) is 7.04. The summed E-state index contributed by atoms with van der Waals surface area (Å²) in [5, 5.41) is 0. The predicted octanol–water partition coefficient (Wildman–Crippen LogP) is 3.54. The van der Waals surface area contributed by atoms with Crippen LogP contribution in [0.1, 0.15) is 42.6 Å². The van der Waals surface area contributed by atoms with Crippen LogP contribution in [0.4, 0.5) is 0 Å². The van der Waals surface area contributed by atoms with Crippen LogP contribution in [-0.2, 0) is 0 Å². The van der Waals surface area contributed by atoms with Crippen molar-refractivity contribution in [1.29, 1.82) is 0 Å². The van der Waals surface area contributed by atoms with Gasteiger partial charge in [-0.15, -0.1) is 12.6 Å². The molecule has 1 saturated heterocycles. The van der Waals surface area contributed by atoms with Gasteiger partial charge in [0.25, 0.3) is 5.91 Å². The highest BCUT2D eigenvalue weighted by molar-refractivity contribution is 7.80. The summed E-state index contributed by atoms with van der Waals surface area (Å²) in [5.74, 6) is 0.757. The molecule has 2 atom stereocenters. The number of carbonyl (C=O) groups excluding carboxylic acids is 1. The largest absolute Gasteiger partial charge is 0.336 e. The lowest BCUT2D eigenvalue weighted by atomic mass is 9.94. The summed E-state index contributed by atoms with van der Waals surface area (Å²) in [5.41, 5.74) is 1.83. The highest BCUT2D eigenvalue weighted by Crippen LogP contribution is 2.25. The molecule has 18 heavy (non-hydrogen) atoms. The molecule has 0 saturated carbocycles. The molecule has 3 heteroatoms. The number of rotatable bonds is 1. The first-order valence-electron chi connectivity index (χ1n) is 6.59. The maximum atomic E-state index is 12.6. The van der Waals surface area contributed by atoms with Gasteiger partial charge in [-0.25, -0.2) is 0 Å². The molecular formula is C15H21NOS. The maximum Gasteiger partial charge on any atom is 0.254 e. The highest BCUT2D eigenvalue weighted by Gasteiger charge is 2.28. The van der Waals surface area contributed by atoms with E-state index >= 15 is 0 Å². The number of amides is 1. The molecule has 98 valence electrons. The zero-order valence-corrected chi connectivity index (χ0v) is 12.2. The first kappa shape index (κ1) is 13.5. The number of piperidine rings is 1. The van der Waals surface area contributed by atoms with E-state index in [-0.39, 0.29) is 5.91 Å². The van der Waals surface area contributed by atoms with Crippen molar-refractivity contribution in [3.8, 4) is 0 Å². The molecule has 1 aromatic rings. The van der Waals surface area contributed by atoms with Crippen LogP contribution in [0.15, 0.2) is 23.1 Å². The van der Waals surface area contributed by atoms with E-state index in [9.17, 15) is 4.79 Å². The monoisotopic (exact) mass is 263 g/mol. The third-order valence-corrected chi connectivity index (χ3v) is 4.11. The van der Waals surface area contributed by atoms with E-state index in [1.165, 1.54) is 6.42 Å². The van der Waals surface area contributed by atoms with Crippen molar-refractivity contribution >= 4 is 18.5 Å². The van der Waals surface area contributed by atoms with Crippen molar-refractivity contribution in [2.75, 3.05) is 6.54 Å². The SMILES string of the molecule is Cc1ccc(S)cc1C(=O)N1CC(C)CCC1C. The van der Waals surface area contributed by atoms with E-state index in [2.05, 4.69) is 26.5 Å². The highest BCUT2D eigenvalue weighted by atomic mass is 32.1. The van der Waals surface area contributed by atoms with Crippen LogP contribution in [0.3, 0.4) is 0 Å². The molecule has 0 aromatic heterocycles. The molecule has 2 unspecified atom stereocenters. The summed E-state index contributed by atoms with van der Waals surface area (Å²) in [6, 6.07) is 6.12. The van der Waals surface area contributed by atoms with Crippen LogP contribution in [-0.4, -0.2) is 23.4 Å². The molecule has 1 amide bonds. The van der Waals surface area contributed by atoms with Gasteiger partial charge in [0.2, 0.25) is 0 Å². The number of likely N-dealkylation sites (tertiary alicyclic amines) is 1. The molecule has 0 bridgehead atoms. The van der Waals surface area contributed by atoms with Crippen molar-refractivity contribution in [2.45, 2.75) is 44.6 Å². The fourth-order valence-corrected chi connectivity index (χ4v) is 2.77. The van der Waals surface area contributed by atoms with Gasteiger partial charge in [-0.2, -0.15) is 0 Å². The smallest absolute Gasteiger partial charge is 0.254 e. The molecule has 0 spiro atoms. The molecule has 0 radical (unpaired) electrons. The van der Waals surface area contributed by atoms with Gasteiger partial charge in [-0.05, 0) is 50.3 Å². The Bertz CT molecular complexity index is 458. The van der Waals surface area contributed by atoms with Crippen molar-refractivity contribution < 1.29 is 4.79 Å². The average molecular weight is 263 g/mol. The molecular weight excluding hydrogens is 242 g/mol. The van der Waals surface area contributed by atoms with E-state index in [0.717, 1.165) is 29.0 Å². The van der Waals surface area contributed by atoms with Crippen LogP contribution < -0.4 is 0 Å². The zero-order valence-electron chi connectivity index (χ0n) is 11.3. The first-order chi connectivity index (χ1) is 8.49. The minimum Gasteiger partial charge on any atom is -0.336 e. The Hall–Kier alpha value is -0.960. The van der Waals surface area contributed by atoms with Gasteiger partial charge in [0.1, 0.15) is 0 Å². The Morgan fingerprint density at radius 2 is 2.06 bits per heavy atom. The van der Waals surface area contributed by atoms with Crippen LogP contribution in [0.25, 0.3) is 0 Å². The number of nitrogens with zero attached hydrogens (tertiary/aromatic N) is 1. The third kappa shape index (κ3) is 2.72. The van der Waals surface area contributed by atoms with E-state index in [4.69, 9.17) is 0 Å². The van der Waals surface area contributed by atoms with Gasteiger partial charge < -0.3 is 4.90 Å². The summed E-state index contributed by atoms with van der Waals surface area (Å²) in [6.45, 7) is 7.21. The van der Waals surface area contributed by atoms with Gasteiger partial charge in [0.05, 0.1) is 0 Å². The normalized spacial score (nSPS) is 24.1. The molecule has 1 aliphatic rings. The zero-order chi connectivity index (χ0) is 13.3. The molecule has 1 heterocycles. The van der Waals surface area contributed by atoms with E-state index < -0.39 is 0 Å². The van der Waals surface area contributed by atoms with E-state index in [0.29, 0.717) is 12.0 Å². The number of hydrogen-bond donors (Lipinski definition) is 1. The minimum absolute atomic E-state index is 0.155. The molecule has 2 nitrogen and oxygen atoms in total. The van der Waals surface area contributed by atoms with Gasteiger partial charge in [-0.3, -0.25) is 4.79 Å². The van der Waals surface area contributed by atoms with Crippen molar-refractivity contribution in [3.05, 3.63) is 29.3 Å². The number of carbonyl (C=O) groups is 1. The Kier molecular flexibility index (Phi) is 4.00. The summed E-state index contributed by atoms with van der Waals surface area (Å²) in [7, 11) is 0. The Morgan fingerprint density at radius 1 is 1.33 bits per heavy atom. The number of benzene rings is 1. The van der Waals surface area contributed by atoms with Gasteiger partial charge in [-0.1, -0.05) is 13.0 Å². The van der Waals surface area contributed by atoms with Crippen LogP contribution >= 0.6 is 12.6 Å². The fourth-order valence-electron chi connectivity index (χ4n) is 2.57. The van der Waals surface area contributed by atoms with E-state index in [1.807, 2.05) is 30.0 Å². The quantitative estimate of drug-likeness (QED) is 0.768. The van der Waals surface area contributed by atoms with Gasteiger partial charge >= 0.3 is 0 Å². The third-order valence-electron chi connectivity index (χ3n) is 3.83. The molecule has 0 N–H and O–H groups in total. The fraction of sp³-hybridized carbons (Fsp3) is 0.533. The Morgan fingerprint density at radius 3 is 2.78 bits per heavy atom. The topological polar surface area (TPSA) is 20.3 Å². The standard InChI is InChI=1S/C15H21NOS/c1-10-4-6-12(3)16(9-10)15(17)14-8-13(18)7-5-11(14)2/h5,7-8,10,12,18H,4,6,9H2,1-3H3. The minimum atomic E-state index is 0.155. The Balaban J connectivity index is 2.27. The number of thiol groups is 1. The molecule has 1 aliphatic heterocycles.